The number of allylic oxidation sites excluding steroid dienone is 1. The van der Waals surface area contributed by atoms with Crippen LogP contribution in [-0.2, 0) is 0 Å². The van der Waals surface area contributed by atoms with E-state index in [1.807, 2.05) is 37.3 Å². The van der Waals surface area contributed by atoms with Crippen molar-refractivity contribution in [2.75, 3.05) is 0 Å². The van der Waals surface area contributed by atoms with Gasteiger partial charge in [-0.15, -0.1) is 0 Å². The zero-order valence-corrected chi connectivity index (χ0v) is 19.3. The molecule has 2 heterocycles. The van der Waals surface area contributed by atoms with Gasteiger partial charge in [-0.1, -0.05) is 73.3 Å². The average molecular weight is 441 g/mol. The number of para-hydroxylation sites is 1. The highest BCUT2D eigenvalue weighted by Crippen LogP contribution is 2.41. The normalized spacial score (nSPS) is 13.2. The molecule has 0 unspecified atom stereocenters. The van der Waals surface area contributed by atoms with E-state index in [1.165, 1.54) is 0 Å². The zero-order chi connectivity index (χ0) is 23.2. The molecule has 0 bridgehead atoms. The predicted molar refractivity (Wildman–Crippen MR) is 143 cm³/mol. The molecule has 0 amide bonds. The fourth-order valence-corrected chi connectivity index (χ4v) is 4.91. The first kappa shape index (κ1) is 20.3. The van der Waals surface area contributed by atoms with E-state index in [2.05, 4.69) is 80.2 Å². The van der Waals surface area contributed by atoms with Crippen LogP contribution in [0.3, 0.4) is 0 Å². The third-order valence-electron chi connectivity index (χ3n) is 6.60. The lowest BCUT2D eigenvalue weighted by atomic mass is 9.94. The van der Waals surface area contributed by atoms with Gasteiger partial charge in [0.1, 0.15) is 22.2 Å². The zero-order valence-electron chi connectivity index (χ0n) is 19.3. The molecule has 2 heteroatoms. The third-order valence-corrected chi connectivity index (χ3v) is 6.60. The molecule has 0 radical (unpaired) electrons. The van der Waals surface area contributed by atoms with Gasteiger partial charge in [-0.25, -0.2) is 0 Å². The average Bonchev–Trinajstić information content (AvgIpc) is 3.46. The van der Waals surface area contributed by atoms with Gasteiger partial charge in [0.15, 0.2) is 0 Å². The Morgan fingerprint density at radius 2 is 1.47 bits per heavy atom. The van der Waals surface area contributed by atoms with Crippen molar-refractivity contribution in [3.8, 4) is 22.3 Å². The Labute approximate surface area is 197 Å². The van der Waals surface area contributed by atoms with Gasteiger partial charge in [0.05, 0.1) is 0 Å². The second kappa shape index (κ2) is 7.93. The summed E-state index contributed by atoms with van der Waals surface area (Å²) in [5.41, 5.74) is 9.17. The minimum atomic E-state index is 0.877. The Hall–Kier alpha value is -4.30. The van der Waals surface area contributed by atoms with E-state index in [1.54, 1.807) is 0 Å². The second-order valence-corrected chi connectivity index (χ2v) is 8.56. The molecule has 6 rings (SSSR count). The highest BCUT2D eigenvalue weighted by molar-refractivity contribution is 6.16. The van der Waals surface area contributed by atoms with Crippen LogP contribution in [0.5, 0.6) is 0 Å². The Balaban J connectivity index is 1.72. The van der Waals surface area contributed by atoms with Crippen molar-refractivity contribution in [3.05, 3.63) is 108 Å². The second-order valence-electron chi connectivity index (χ2n) is 8.56. The van der Waals surface area contributed by atoms with Crippen LogP contribution in [0.25, 0.3) is 66.8 Å². The van der Waals surface area contributed by atoms with Gasteiger partial charge < -0.3 is 8.83 Å². The van der Waals surface area contributed by atoms with E-state index in [9.17, 15) is 0 Å². The maximum atomic E-state index is 6.45. The molecule has 0 aliphatic carbocycles. The molecule has 2 nitrogen and oxygen atoms in total. The number of hydrogen-bond donors (Lipinski definition) is 0. The molecule has 4 aromatic carbocycles. The molecular formula is C32H24O2. The Bertz CT molecular complexity index is 1830. The van der Waals surface area contributed by atoms with Crippen molar-refractivity contribution in [1.82, 2.24) is 0 Å². The Morgan fingerprint density at radius 1 is 0.735 bits per heavy atom. The van der Waals surface area contributed by atoms with Crippen molar-refractivity contribution in [3.63, 3.8) is 0 Å². The van der Waals surface area contributed by atoms with Crippen molar-refractivity contribution < 1.29 is 8.83 Å². The van der Waals surface area contributed by atoms with Crippen molar-refractivity contribution >= 4 is 44.6 Å². The Kier molecular flexibility index (Phi) is 4.74. The lowest BCUT2D eigenvalue weighted by Crippen LogP contribution is -2.21. The fourth-order valence-electron chi connectivity index (χ4n) is 4.91. The van der Waals surface area contributed by atoms with Crippen LogP contribution < -0.4 is 10.6 Å². The summed E-state index contributed by atoms with van der Waals surface area (Å²) in [6, 6.07) is 29.5. The monoisotopic (exact) mass is 440 g/mol. The first-order valence-electron chi connectivity index (χ1n) is 11.5. The lowest BCUT2D eigenvalue weighted by molar-refractivity contribution is 0.574. The largest absolute Gasteiger partial charge is 0.456 e. The van der Waals surface area contributed by atoms with Crippen LogP contribution in [0, 0.1) is 0 Å². The standard InChI is InChI=1S/C32H24O2/c1-4-20(3)30-26-19-22(15-18-29(26)33-27(30)5-2)23-16-17-24(21-11-7-6-8-12-21)32-31(23)25-13-9-10-14-28(25)34-32/h4-19H,1H2,2-3H3/b27-5+,30-20-. The molecular weight excluding hydrogens is 416 g/mol. The van der Waals surface area contributed by atoms with Crippen LogP contribution in [0.4, 0.5) is 0 Å². The molecule has 0 fully saturated rings. The number of benzene rings is 4. The van der Waals surface area contributed by atoms with E-state index in [0.717, 1.165) is 71.4 Å². The number of fused-ring (bicyclic) bond motifs is 4. The first-order chi connectivity index (χ1) is 16.7. The molecule has 0 atom stereocenters. The molecule has 0 aliphatic heterocycles. The van der Waals surface area contributed by atoms with Gasteiger partial charge in [-0.3, -0.25) is 0 Å². The molecule has 0 N–H and O–H groups in total. The maximum Gasteiger partial charge on any atom is 0.143 e. The van der Waals surface area contributed by atoms with Gasteiger partial charge in [0, 0.05) is 26.9 Å². The smallest absolute Gasteiger partial charge is 0.143 e. The number of rotatable bonds is 3. The lowest BCUT2D eigenvalue weighted by Gasteiger charge is -2.08. The van der Waals surface area contributed by atoms with Crippen LogP contribution >= 0.6 is 0 Å². The van der Waals surface area contributed by atoms with Gasteiger partial charge >= 0.3 is 0 Å². The van der Waals surface area contributed by atoms with Crippen molar-refractivity contribution in [2.24, 2.45) is 0 Å². The number of furan rings is 2. The van der Waals surface area contributed by atoms with Crippen LogP contribution in [0.1, 0.15) is 13.8 Å². The van der Waals surface area contributed by atoms with Gasteiger partial charge in [0.2, 0.25) is 0 Å². The summed E-state index contributed by atoms with van der Waals surface area (Å²) in [5, 5.41) is 4.45. The summed E-state index contributed by atoms with van der Waals surface area (Å²) < 4.78 is 12.6. The third kappa shape index (κ3) is 3.03. The summed E-state index contributed by atoms with van der Waals surface area (Å²) in [4.78, 5) is 0. The van der Waals surface area contributed by atoms with Gasteiger partial charge in [0.25, 0.3) is 0 Å². The summed E-state index contributed by atoms with van der Waals surface area (Å²) in [5.74, 6) is 0. The molecule has 164 valence electrons. The van der Waals surface area contributed by atoms with Crippen LogP contribution in [0.15, 0.2) is 106 Å². The molecule has 2 aromatic heterocycles. The number of hydrogen-bond acceptors (Lipinski definition) is 2. The van der Waals surface area contributed by atoms with E-state index >= 15 is 0 Å². The highest BCUT2D eigenvalue weighted by Gasteiger charge is 2.17. The van der Waals surface area contributed by atoms with E-state index in [4.69, 9.17) is 8.83 Å². The molecule has 0 saturated heterocycles. The molecule has 6 aromatic rings. The highest BCUT2D eigenvalue weighted by atomic mass is 16.3. The van der Waals surface area contributed by atoms with Crippen molar-refractivity contribution in [1.29, 1.82) is 0 Å². The summed E-state index contributed by atoms with van der Waals surface area (Å²) in [6.07, 6.45) is 3.90. The summed E-state index contributed by atoms with van der Waals surface area (Å²) >= 11 is 0. The first-order valence-corrected chi connectivity index (χ1v) is 11.5. The predicted octanol–water partition coefficient (Wildman–Crippen LogP) is 7.82. The minimum Gasteiger partial charge on any atom is -0.456 e. The van der Waals surface area contributed by atoms with E-state index in [-0.39, 0.29) is 0 Å². The summed E-state index contributed by atoms with van der Waals surface area (Å²) in [6.45, 7) is 8.06. The van der Waals surface area contributed by atoms with Crippen LogP contribution in [-0.4, -0.2) is 0 Å². The quantitative estimate of drug-likeness (QED) is 0.280. The van der Waals surface area contributed by atoms with E-state index < -0.39 is 0 Å². The fraction of sp³-hybridized carbons (Fsp3) is 0.0625. The van der Waals surface area contributed by atoms with Crippen molar-refractivity contribution in [2.45, 2.75) is 13.8 Å². The van der Waals surface area contributed by atoms with E-state index in [0.29, 0.717) is 0 Å². The Morgan fingerprint density at radius 3 is 2.26 bits per heavy atom. The van der Waals surface area contributed by atoms with Crippen LogP contribution in [0.2, 0.25) is 0 Å². The SMILES string of the molecule is C=C/C(C)=c1\c(=C/C)oc2ccc(-c3ccc(-c4ccccc4)c4oc5ccccc5c34)cc12. The molecule has 0 spiro atoms. The van der Waals surface area contributed by atoms with Gasteiger partial charge in [-0.05, 0) is 66.5 Å². The molecule has 34 heavy (non-hydrogen) atoms. The topological polar surface area (TPSA) is 26.3 Å². The maximum absolute atomic E-state index is 6.45. The molecule has 0 aliphatic rings. The van der Waals surface area contributed by atoms with Gasteiger partial charge in [-0.2, -0.15) is 0 Å². The summed E-state index contributed by atoms with van der Waals surface area (Å²) in [7, 11) is 0. The minimum absolute atomic E-state index is 0.877. The molecule has 0 saturated carbocycles.